The molecule has 2 aliphatic rings. The van der Waals surface area contributed by atoms with Gasteiger partial charge in [0.2, 0.25) is 0 Å². The van der Waals surface area contributed by atoms with E-state index in [4.69, 9.17) is 0 Å². The maximum atomic E-state index is 2.49. The van der Waals surface area contributed by atoms with Crippen LogP contribution >= 0.6 is 22.7 Å². The molecule has 0 atom stereocenters. The van der Waals surface area contributed by atoms with Crippen LogP contribution in [0.15, 0.2) is 570 Å². The van der Waals surface area contributed by atoms with Crippen LogP contribution in [-0.4, -0.2) is 0 Å². The third-order valence-electron chi connectivity index (χ3n) is 29.9. The second-order valence-corrected chi connectivity index (χ2v) is 40.1. The smallest absolute Gasteiger partial charge is 0.0713 e. The highest BCUT2D eigenvalue weighted by Crippen LogP contribution is 2.63. The van der Waals surface area contributed by atoms with Gasteiger partial charge in [-0.05, 0) is 273 Å². The first kappa shape index (κ1) is 86.8. The Morgan fingerprint density at radius 2 is 0.459 bits per heavy atom. The molecule has 146 heavy (non-hydrogen) atoms. The number of thiophene rings is 2. The van der Waals surface area contributed by atoms with Gasteiger partial charge in [-0.1, -0.05) is 425 Å². The van der Waals surface area contributed by atoms with Crippen LogP contribution in [0, 0.1) is 0 Å². The van der Waals surface area contributed by atoms with E-state index in [9.17, 15) is 0 Å². The van der Waals surface area contributed by atoms with Gasteiger partial charge >= 0.3 is 0 Å². The predicted octanol–water partition coefficient (Wildman–Crippen LogP) is 39.2. The molecule has 24 aromatic carbocycles. The number of para-hydroxylation sites is 5. The lowest BCUT2D eigenvalue weighted by Gasteiger charge is -2.34. The molecule has 0 N–H and O–H groups in total. The van der Waals surface area contributed by atoms with Gasteiger partial charge in [-0.25, -0.2) is 0 Å². The molecule has 0 bridgehead atoms. The summed E-state index contributed by atoms with van der Waals surface area (Å²) in [6, 6.07) is 210. The predicted molar refractivity (Wildman–Crippen MR) is 621 cm³/mol. The maximum Gasteiger partial charge on any atom is 0.0713 e. The Hall–Kier alpha value is -18.3. The summed E-state index contributed by atoms with van der Waals surface area (Å²) in [7, 11) is 0. The SMILES string of the molecule is c1ccc(N(c2ccc(-c3ccc4ccccc4c3)cc2)c2cc(N(c3ccc4ccccc4c3)c3cccc4ccccc34)cc3c2sc2ccc(-c4cccc5c4-c4ccccc4C5(c4ccccc4)c4ccccc4)cc23)cc1.c1ccc(N(c2ccccc2)c2cc(N(c3ccccc3)c3ccccc3)c3sc4ccc(-c5cccc6c5-c5ccccc5C6(c5ccccc5)c5ccccc5)cc4c3c2)cc1. The topological polar surface area (TPSA) is 13.0 Å². The van der Waals surface area contributed by atoms with Gasteiger partial charge < -0.3 is 19.6 Å². The van der Waals surface area contributed by atoms with E-state index in [2.05, 4.69) is 590 Å². The van der Waals surface area contributed by atoms with Gasteiger partial charge in [0.15, 0.2) is 0 Å². The fourth-order valence-electron chi connectivity index (χ4n) is 23.6. The van der Waals surface area contributed by atoms with Gasteiger partial charge in [0.25, 0.3) is 0 Å². The van der Waals surface area contributed by atoms with E-state index in [1.54, 1.807) is 0 Å². The van der Waals surface area contributed by atoms with Crippen molar-refractivity contribution in [3.05, 3.63) is 615 Å². The van der Waals surface area contributed by atoms with Crippen molar-refractivity contribution in [3.8, 4) is 55.6 Å². The molecule has 2 aromatic heterocycles. The second kappa shape index (κ2) is 36.7. The Morgan fingerprint density at radius 1 is 0.151 bits per heavy atom. The summed E-state index contributed by atoms with van der Waals surface area (Å²) < 4.78 is 4.93. The zero-order valence-electron chi connectivity index (χ0n) is 79.9. The molecular weight excluding hydrogens is 1800 g/mol. The molecule has 6 heteroatoms. The summed E-state index contributed by atoms with van der Waals surface area (Å²) in [5.41, 5.74) is 34.9. The molecule has 0 saturated heterocycles. The number of nitrogens with zero attached hydrogens (tertiary/aromatic N) is 4. The number of hydrogen-bond donors (Lipinski definition) is 0. The van der Waals surface area contributed by atoms with E-state index in [0.717, 1.165) is 68.2 Å². The Balaban J connectivity index is 0.000000149. The zero-order valence-corrected chi connectivity index (χ0v) is 81.5. The first-order chi connectivity index (χ1) is 72.4. The highest BCUT2D eigenvalue weighted by atomic mass is 32.1. The molecular formula is C140H94N4S2. The molecule has 0 amide bonds. The first-order valence-corrected chi connectivity index (χ1v) is 51.8. The highest BCUT2D eigenvalue weighted by molar-refractivity contribution is 7.27. The molecule has 0 radical (unpaired) electrons. The van der Waals surface area contributed by atoms with Crippen molar-refractivity contribution in [1.29, 1.82) is 0 Å². The second-order valence-electron chi connectivity index (χ2n) is 38.0. The van der Waals surface area contributed by atoms with Crippen molar-refractivity contribution in [1.82, 2.24) is 0 Å². The van der Waals surface area contributed by atoms with Crippen LogP contribution in [0.25, 0.3) is 128 Å². The Kier molecular flexibility index (Phi) is 21.8. The minimum Gasteiger partial charge on any atom is -0.310 e. The summed E-state index contributed by atoms with van der Waals surface area (Å²) in [6.45, 7) is 0. The molecule has 2 heterocycles. The normalized spacial score (nSPS) is 12.5. The van der Waals surface area contributed by atoms with E-state index < -0.39 is 10.8 Å². The molecule has 0 unspecified atom stereocenters. The Morgan fingerprint density at radius 3 is 0.904 bits per heavy atom. The van der Waals surface area contributed by atoms with Crippen LogP contribution in [-0.2, 0) is 10.8 Å². The van der Waals surface area contributed by atoms with Gasteiger partial charge in [0.1, 0.15) is 0 Å². The maximum absolute atomic E-state index is 2.49. The summed E-state index contributed by atoms with van der Waals surface area (Å²) in [5, 5.41) is 12.1. The van der Waals surface area contributed by atoms with E-state index >= 15 is 0 Å². The molecule has 28 rings (SSSR count). The lowest BCUT2D eigenvalue weighted by molar-refractivity contribution is 0.768. The van der Waals surface area contributed by atoms with Crippen molar-refractivity contribution in [2.75, 3.05) is 19.6 Å². The monoisotopic (exact) mass is 1890 g/mol. The molecule has 0 saturated carbocycles. The van der Waals surface area contributed by atoms with Crippen LogP contribution in [0.3, 0.4) is 0 Å². The lowest BCUT2D eigenvalue weighted by atomic mass is 9.67. The molecule has 0 fully saturated rings. The van der Waals surface area contributed by atoms with Gasteiger partial charge in [-0.2, -0.15) is 0 Å². The van der Waals surface area contributed by atoms with Gasteiger partial charge in [0, 0.05) is 87.5 Å². The molecule has 686 valence electrons. The first-order valence-electron chi connectivity index (χ1n) is 50.1. The van der Waals surface area contributed by atoms with Crippen molar-refractivity contribution >= 4 is 164 Å². The Labute approximate surface area is 857 Å². The largest absolute Gasteiger partial charge is 0.310 e. The zero-order chi connectivity index (χ0) is 96.6. The van der Waals surface area contributed by atoms with Crippen LogP contribution in [0.1, 0.15) is 44.5 Å². The van der Waals surface area contributed by atoms with Crippen LogP contribution in [0.2, 0.25) is 0 Å². The van der Waals surface area contributed by atoms with Crippen molar-refractivity contribution in [2.45, 2.75) is 10.8 Å². The Bertz CT molecular complexity index is 9260. The average Bonchev–Trinajstić information content (AvgIpc) is 1.53. The van der Waals surface area contributed by atoms with E-state index in [1.165, 1.54) is 173 Å². The van der Waals surface area contributed by atoms with Gasteiger partial charge in [0.05, 0.1) is 37.3 Å². The molecule has 2 aliphatic carbocycles. The summed E-state index contributed by atoms with van der Waals surface area (Å²) in [6.07, 6.45) is 0. The number of anilines is 12. The standard InChI is InChI=1S/C79H52N2S.C61H42N2S/c1-4-26-61(27-5-1)79(62-28-6-2-7-29-62)72-35-17-16-33-69(72)77-68(34-19-36-73(77)79)60-43-47-76-70(50-60)71-51-66(81(65-46-42-54-21-11-13-24-58(54)49-65)74-37-18-25-56-22-14-15-32-67(56)74)52-75(78(71)82-76)80(63-30-8-3-9-31-63)64-44-40-55(41-45-64)59-39-38-53-20-10-12-23-57(53)48-59;1-7-22-44(23-8-1)61(45-24-9-2-10-25-45)55-36-20-19-34-52(55)59-51(35-21-37-56(59)61)43-38-39-58-53(40-43)54-41-50(62(46-26-11-3-12-27-46)47-28-13-4-14-29-47)42-57(60(54)64-58)63(48-30-15-5-16-31-48)49-32-17-6-18-33-49/h1-52H;1-42H. The van der Waals surface area contributed by atoms with Crippen LogP contribution in [0.4, 0.5) is 68.2 Å². The average molecular weight is 1900 g/mol. The summed E-state index contributed by atoms with van der Waals surface area (Å²) >= 11 is 3.75. The highest BCUT2D eigenvalue weighted by Gasteiger charge is 2.49. The van der Waals surface area contributed by atoms with Crippen molar-refractivity contribution in [3.63, 3.8) is 0 Å². The third kappa shape index (κ3) is 14.7. The molecule has 0 spiro atoms. The van der Waals surface area contributed by atoms with E-state index in [0.29, 0.717) is 0 Å². The minimum atomic E-state index is -0.504. The number of rotatable bonds is 19. The fraction of sp³-hybridized carbons (Fsp3) is 0.0143. The summed E-state index contributed by atoms with van der Waals surface area (Å²) in [4.78, 5) is 9.77. The van der Waals surface area contributed by atoms with Gasteiger partial charge in [-0.3, -0.25) is 0 Å². The molecule has 4 nitrogen and oxygen atoms in total. The number of benzene rings is 24. The molecule has 26 aromatic rings. The number of hydrogen-bond acceptors (Lipinski definition) is 6. The van der Waals surface area contributed by atoms with Crippen molar-refractivity contribution < 1.29 is 0 Å². The lowest BCUT2D eigenvalue weighted by Crippen LogP contribution is -2.28. The number of fused-ring (bicyclic) bond motifs is 15. The minimum absolute atomic E-state index is 0.468. The third-order valence-corrected chi connectivity index (χ3v) is 32.4. The van der Waals surface area contributed by atoms with Gasteiger partial charge in [-0.15, -0.1) is 22.7 Å². The van der Waals surface area contributed by atoms with Crippen LogP contribution < -0.4 is 19.6 Å². The fourth-order valence-corrected chi connectivity index (χ4v) is 25.9. The van der Waals surface area contributed by atoms with Crippen LogP contribution in [0.5, 0.6) is 0 Å². The molecule has 0 aliphatic heterocycles. The van der Waals surface area contributed by atoms with Crippen molar-refractivity contribution in [2.24, 2.45) is 0 Å². The summed E-state index contributed by atoms with van der Waals surface area (Å²) in [5.74, 6) is 0. The van der Waals surface area contributed by atoms with E-state index in [1.807, 2.05) is 22.7 Å². The van der Waals surface area contributed by atoms with E-state index in [-0.39, 0.29) is 0 Å². The quantitative estimate of drug-likeness (QED) is 0.0800.